The quantitative estimate of drug-likeness (QED) is 0.652. The topological polar surface area (TPSA) is 38.8 Å². The van der Waals surface area contributed by atoms with Crippen LogP contribution in [0.2, 0.25) is 0 Å². The van der Waals surface area contributed by atoms with Crippen molar-refractivity contribution in [2.45, 2.75) is 26.8 Å². The number of benzene rings is 1. The molecule has 4 heteroatoms. The highest BCUT2D eigenvalue weighted by molar-refractivity contribution is 5.77. The van der Waals surface area contributed by atoms with Gasteiger partial charge in [-0.05, 0) is 18.9 Å². The fourth-order valence-corrected chi connectivity index (χ4v) is 1.87. The van der Waals surface area contributed by atoms with E-state index in [-0.39, 0.29) is 12.5 Å². The lowest BCUT2D eigenvalue weighted by Gasteiger charge is -2.22. The number of aryl methyl sites for hydroxylation is 1. The number of nitrogens with zero attached hydrogens (tertiary/aromatic N) is 1. The Bertz CT molecular complexity index is 389. The Balaban J connectivity index is 2.50. The van der Waals surface area contributed by atoms with E-state index in [1.165, 1.54) is 5.56 Å². The van der Waals surface area contributed by atoms with Crippen LogP contribution in [0.15, 0.2) is 24.3 Å². The van der Waals surface area contributed by atoms with Crippen molar-refractivity contribution in [2.24, 2.45) is 0 Å². The van der Waals surface area contributed by atoms with Crippen LogP contribution in [0.4, 0.5) is 0 Å². The fourth-order valence-electron chi connectivity index (χ4n) is 1.87. The summed E-state index contributed by atoms with van der Waals surface area (Å²) in [4.78, 5) is 14.0. The molecule has 0 fully saturated rings. The molecule has 1 aromatic rings. The van der Waals surface area contributed by atoms with E-state index >= 15 is 0 Å². The first-order chi connectivity index (χ1) is 9.67. The molecule has 0 N–H and O–H groups in total. The largest absolute Gasteiger partial charge is 0.382 e. The van der Waals surface area contributed by atoms with Crippen LogP contribution in [-0.2, 0) is 20.8 Å². The minimum Gasteiger partial charge on any atom is -0.382 e. The molecule has 20 heavy (non-hydrogen) atoms. The average molecular weight is 279 g/mol. The van der Waals surface area contributed by atoms with Gasteiger partial charge < -0.3 is 14.4 Å². The van der Waals surface area contributed by atoms with Gasteiger partial charge in [-0.2, -0.15) is 0 Å². The van der Waals surface area contributed by atoms with E-state index in [9.17, 15) is 4.79 Å². The Morgan fingerprint density at radius 1 is 1.20 bits per heavy atom. The molecule has 0 spiro atoms. The molecule has 0 aliphatic carbocycles. The zero-order valence-electron chi connectivity index (χ0n) is 12.7. The van der Waals surface area contributed by atoms with Gasteiger partial charge in [0.1, 0.15) is 6.61 Å². The molecule has 1 aromatic carbocycles. The highest BCUT2D eigenvalue weighted by atomic mass is 16.5. The average Bonchev–Trinajstić information content (AvgIpc) is 2.45. The Labute approximate surface area is 121 Å². The summed E-state index contributed by atoms with van der Waals surface area (Å²) in [6, 6.07) is 8.27. The summed E-state index contributed by atoms with van der Waals surface area (Å²) >= 11 is 0. The van der Waals surface area contributed by atoms with Crippen molar-refractivity contribution in [1.82, 2.24) is 4.90 Å². The van der Waals surface area contributed by atoms with Crippen LogP contribution >= 0.6 is 0 Å². The van der Waals surface area contributed by atoms with Crippen molar-refractivity contribution >= 4 is 5.91 Å². The maximum atomic E-state index is 12.1. The van der Waals surface area contributed by atoms with Crippen LogP contribution in [0.25, 0.3) is 0 Å². The number of ether oxygens (including phenoxy) is 2. The summed E-state index contributed by atoms with van der Waals surface area (Å²) in [6.07, 6.45) is 0.940. The zero-order valence-corrected chi connectivity index (χ0v) is 12.7. The lowest BCUT2D eigenvalue weighted by Crippen LogP contribution is -2.34. The second-order valence-corrected chi connectivity index (χ2v) is 4.85. The van der Waals surface area contributed by atoms with Crippen LogP contribution in [0, 0.1) is 6.92 Å². The van der Waals surface area contributed by atoms with Gasteiger partial charge in [0.15, 0.2) is 0 Å². The molecule has 0 heterocycles. The monoisotopic (exact) mass is 279 g/mol. The summed E-state index contributed by atoms with van der Waals surface area (Å²) in [5.74, 6) is 0.0310. The van der Waals surface area contributed by atoms with E-state index in [4.69, 9.17) is 9.47 Å². The first-order valence-corrected chi connectivity index (χ1v) is 7.07. The number of carbonyl (C=O) groups excluding carboxylic acids is 1. The van der Waals surface area contributed by atoms with Gasteiger partial charge in [0, 0.05) is 20.2 Å². The van der Waals surface area contributed by atoms with E-state index < -0.39 is 0 Å². The number of rotatable bonds is 9. The van der Waals surface area contributed by atoms with Gasteiger partial charge in [-0.1, -0.05) is 36.8 Å². The van der Waals surface area contributed by atoms with Crippen LogP contribution in [0.3, 0.4) is 0 Å². The minimum absolute atomic E-state index is 0.0310. The third-order valence-corrected chi connectivity index (χ3v) is 3.00. The molecule has 0 aliphatic heterocycles. The Hall–Kier alpha value is -1.39. The molecular weight excluding hydrogens is 254 g/mol. The minimum atomic E-state index is 0.0310. The molecule has 0 atom stereocenters. The molecule has 0 bridgehead atoms. The van der Waals surface area contributed by atoms with E-state index in [0.717, 1.165) is 18.5 Å². The van der Waals surface area contributed by atoms with E-state index in [1.807, 2.05) is 4.90 Å². The van der Waals surface area contributed by atoms with Gasteiger partial charge in [0.2, 0.25) is 5.91 Å². The van der Waals surface area contributed by atoms with Gasteiger partial charge in [0.05, 0.1) is 13.2 Å². The predicted octanol–water partition coefficient (Wildman–Crippen LogP) is 2.40. The highest BCUT2D eigenvalue weighted by Crippen LogP contribution is 2.08. The first kappa shape index (κ1) is 16.7. The maximum Gasteiger partial charge on any atom is 0.248 e. The van der Waals surface area contributed by atoms with Gasteiger partial charge in [-0.3, -0.25) is 4.79 Å². The van der Waals surface area contributed by atoms with Gasteiger partial charge in [-0.25, -0.2) is 0 Å². The van der Waals surface area contributed by atoms with Crippen molar-refractivity contribution in [3.63, 3.8) is 0 Å². The molecule has 0 saturated heterocycles. The summed E-state index contributed by atoms with van der Waals surface area (Å²) < 4.78 is 10.2. The zero-order chi connectivity index (χ0) is 14.8. The van der Waals surface area contributed by atoms with Crippen molar-refractivity contribution in [3.8, 4) is 0 Å². The van der Waals surface area contributed by atoms with Crippen molar-refractivity contribution in [1.29, 1.82) is 0 Å². The van der Waals surface area contributed by atoms with Crippen molar-refractivity contribution < 1.29 is 14.3 Å². The van der Waals surface area contributed by atoms with Crippen LogP contribution in [0.1, 0.15) is 24.5 Å². The smallest absolute Gasteiger partial charge is 0.248 e. The number of methoxy groups -OCH3 is 1. The molecule has 0 radical (unpaired) electrons. The summed E-state index contributed by atoms with van der Waals surface area (Å²) in [5.41, 5.74) is 2.37. The number of hydrogen-bond donors (Lipinski definition) is 0. The normalized spacial score (nSPS) is 10.6. The summed E-state index contributed by atoms with van der Waals surface area (Å²) in [7, 11) is 1.62. The van der Waals surface area contributed by atoms with Crippen LogP contribution < -0.4 is 0 Å². The molecule has 1 rings (SSSR count). The van der Waals surface area contributed by atoms with Crippen LogP contribution in [-0.4, -0.2) is 44.3 Å². The first-order valence-electron chi connectivity index (χ1n) is 7.07. The maximum absolute atomic E-state index is 12.1. The van der Waals surface area contributed by atoms with Crippen molar-refractivity contribution in [3.05, 3.63) is 35.4 Å². The van der Waals surface area contributed by atoms with E-state index in [1.54, 1.807) is 7.11 Å². The number of carbonyl (C=O) groups is 1. The Kier molecular flexibility index (Phi) is 7.92. The summed E-state index contributed by atoms with van der Waals surface area (Å²) in [6.45, 7) is 6.60. The van der Waals surface area contributed by atoms with E-state index in [0.29, 0.717) is 19.8 Å². The molecule has 112 valence electrons. The third kappa shape index (κ3) is 6.17. The molecule has 0 aromatic heterocycles. The third-order valence-electron chi connectivity index (χ3n) is 3.00. The van der Waals surface area contributed by atoms with Gasteiger partial charge in [-0.15, -0.1) is 0 Å². The fraction of sp³-hybridized carbons (Fsp3) is 0.562. The number of hydrogen-bond acceptors (Lipinski definition) is 3. The highest BCUT2D eigenvalue weighted by Gasteiger charge is 2.13. The van der Waals surface area contributed by atoms with Gasteiger partial charge >= 0.3 is 0 Å². The lowest BCUT2D eigenvalue weighted by atomic mass is 10.1. The van der Waals surface area contributed by atoms with E-state index in [2.05, 4.69) is 38.1 Å². The molecule has 4 nitrogen and oxygen atoms in total. The molecule has 0 aliphatic rings. The molecule has 0 saturated carbocycles. The molecule has 1 amide bonds. The molecular formula is C16H25NO3. The Morgan fingerprint density at radius 3 is 2.50 bits per heavy atom. The standard InChI is InChI=1S/C16H25NO3/c1-4-9-17(16(18)13-20-11-10-19-3)12-15-7-5-14(2)6-8-15/h5-8H,4,9-13H2,1-3H3. The second kappa shape index (κ2) is 9.50. The second-order valence-electron chi connectivity index (χ2n) is 4.85. The predicted molar refractivity (Wildman–Crippen MR) is 79.6 cm³/mol. The number of amides is 1. The lowest BCUT2D eigenvalue weighted by molar-refractivity contribution is -0.137. The van der Waals surface area contributed by atoms with Crippen LogP contribution in [0.5, 0.6) is 0 Å². The Morgan fingerprint density at radius 2 is 1.90 bits per heavy atom. The van der Waals surface area contributed by atoms with Gasteiger partial charge in [0.25, 0.3) is 0 Å². The molecule has 0 unspecified atom stereocenters. The summed E-state index contributed by atoms with van der Waals surface area (Å²) in [5, 5.41) is 0. The van der Waals surface area contributed by atoms with Crippen molar-refractivity contribution in [2.75, 3.05) is 33.5 Å². The SMILES string of the molecule is CCCN(Cc1ccc(C)cc1)C(=O)COCCOC.